The number of rotatable bonds is 18. The van der Waals surface area contributed by atoms with Crippen LogP contribution in [0.3, 0.4) is 0 Å². The van der Waals surface area contributed by atoms with Gasteiger partial charge in [0, 0.05) is 62.2 Å². The summed E-state index contributed by atoms with van der Waals surface area (Å²) in [4.78, 5) is 7.29. The summed E-state index contributed by atoms with van der Waals surface area (Å²) in [5.74, 6) is 2.20. The summed E-state index contributed by atoms with van der Waals surface area (Å²) < 4.78 is 12.2. The highest BCUT2D eigenvalue weighted by atomic mass is 16.5. The first-order chi connectivity index (χ1) is 22.2. The molecule has 0 radical (unpaired) electrons. The van der Waals surface area contributed by atoms with E-state index in [1.807, 2.05) is 12.1 Å². The van der Waals surface area contributed by atoms with Crippen LogP contribution in [0.1, 0.15) is 69.7 Å². The second-order valence-electron chi connectivity index (χ2n) is 14.7. The van der Waals surface area contributed by atoms with Crippen molar-refractivity contribution in [2.75, 3.05) is 52.5 Å². The molecule has 9 atom stereocenters. The van der Waals surface area contributed by atoms with E-state index in [1.54, 1.807) is 0 Å². The van der Waals surface area contributed by atoms with Crippen molar-refractivity contribution in [3.05, 3.63) is 95.1 Å². The molecule has 248 valence electrons. The Morgan fingerprint density at radius 1 is 0.674 bits per heavy atom. The molecule has 3 aromatic rings. The highest BCUT2D eigenvalue weighted by Crippen LogP contribution is 2.40. The summed E-state index contributed by atoms with van der Waals surface area (Å²) in [5, 5.41) is 10.4. The van der Waals surface area contributed by atoms with Crippen LogP contribution in [0.4, 0.5) is 0 Å². The van der Waals surface area contributed by atoms with E-state index in [0.717, 1.165) is 49.7 Å². The third-order valence-electron chi connectivity index (χ3n) is 10.5. The molecule has 6 nitrogen and oxygen atoms in total. The number of nitrogens with zero attached hydrogens (tertiary/aromatic N) is 3. The topological polar surface area (TPSA) is 47.7 Å². The third-order valence-corrected chi connectivity index (χ3v) is 10.5. The fourth-order valence-corrected chi connectivity index (χ4v) is 6.82. The Bertz CT molecular complexity index is 1320. The summed E-state index contributed by atoms with van der Waals surface area (Å²) in [6, 6.07) is 28.5. The molecular weight excluding hydrogens is 570 g/mol. The molecular formula is C40H55N3O3. The quantitative estimate of drug-likeness (QED) is 0.103. The average molecular weight is 626 g/mol. The summed E-state index contributed by atoms with van der Waals surface area (Å²) >= 11 is 0. The molecule has 0 bridgehead atoms. The second-order valence-corrected chi connectivity index (χ2v) is 14.7. The summed E-state index contributed by atoms with van der Waals surface area (Å²) in [5.41, 5.74) is 4.74. The zero-order chi connectivity index (χ0) is 32.3. The van der Waals surface area contributed by atoms with Crippen molar-refractivity contribution in [3.8, 4) is 11.5 Å². The van der Waals surface area contributed by atoms with E-state index in [2.05, 4.69) is 110 Å². The van der Waals surface area contributed by atoms with E-state index >= 15 is 0 Å². The molecule has 46 heavy (non-hydrogen) atoms. The van der Waals surface area contributed by atoms with Crippen LogP contribution in [-0.4, -0.2) is 96.5 Å². The predicted molar refractivity (Wildman–Crippen MR) is 187 cm³/mol. The van der Waals surface area contributed by atoms with Crippen LogP contribution in [0.2, 0.25) is 0 Å². The van der Waals surface area contributed by atoms with E-state index in [-0.39, 0.29) is 5.41 Å². The van der Waals surface area contributed by atoms with Crippen LogP contribution >= 0.6 is 0 Å². The molecule has 0 amide bonds. The average Bonchev–Trinajstić information content (AvgIpc) is 4.03. The summed E-state index contributed by atoms with van der Waals surface area (Å²) in [7, 11) is 0. The Hall–Kier alpha value is -2.90. The van der Waals surface area contributed by atoms with Gasteiger partial charge >= 0.3 is 0 Å². The Labute approximate surface area is 277 Å². The monoisotopic (exact) mass is 625 g/mol. The summed E-state index contributed by atoms with van der Waals surface area (Å²) in [6.45, 7) is 18.9. The Morgan fingerprint density at radius 2 is 1.13 bits per heavy atom. The van der Waals surface area contributed by atoms with Crippen LogP contribution in [0.25, 0.3) is 0 Å². The van der Waals surface area contributed by atoms with Gasteiger partial charge < -0.3 is 14.6 Å². The maximum atomic E-state index is 10.4. The molecule has 3 aliphatic heterocycles. The minimum atomic E-state index is -0.485. The molecule has 9 unspecified atom stereocenters. The van der Waals surface area contributed by atoms with Crippen LogP contribution in [0.15, 0.2) is 72.8 Å². The maximum absolute atomic E-state index is 10.4. The Morgan fingerprint density at radius 3 is 1.63 bits per heavy atom. The second kappa shape index (κ2) is 14.5. The van der Waals surface area contributed by atoms with Gasteiger partial charge in [-0.2, -0.15) is 0 Å². The lowest BCUT2D eigenvalue weighted by atomic mass is 9.71. The fraction of sp³-hybridized carbons (Fsp3) is 0.550. The van der Waals surface area contributed by atoms with Gasteiger partial charge in [0.2, 0.25) is 0 Å². The zero-order valence-corrected chi connectivity index (χ0v) is 28.7. The molecule has 1 N–H and O–H groups in total. The Kier molecular flexibility index (Phi) is 10.4. The highest BCUT2D eigenvalue weighted by molar-refractivity contribution is 5.51. The third kappa shape index (κ3) is 8.51. The lowest BCUT2D eigenvalue weighted by Gasteiger charge is -2.32. The molecule has 3 fully saturated rings. The van der Waals surface area contributed by atoms with Crippen molar-refractivity contribution >= 4 is 0 Å². The van der Waals surface area contributed by atoms with E-state index < -0.39 is 6.10 Å². The molecule has 0 saturated carbocycles. The van der Waals surface area contributed by atoms with E-state index in [1.165, 1.54) is 54.7 Å². The SMILES string of the molecule is CC(COc1ccc(C(C)(c2ccc(CCCCN3CC3C)cc2)c2ccc(OCC(O)CN3CC3C)cc2)cc1)CN1CC1C. The number of hydrogen-bond donors (Lipinski definition) is 1. The van der Waals surface area contributed by atoms with Crippen LogP contribution in [0, 0.1) is 5.92 Å². The molecule has 0 spiro atoms. The fourth-order valence-electron chi connectivity index (χ4n) is 6.82. The van der Waals surface area contributed by atoms with Crippen molar-refractivity contribution in [1.29, 1.82) is 0 Å². The van der Waals surface area contributed by atoms with Crippen LogP contribution in [-0.2, 0) is 11.8 Å². The van der Waals surface area contributed by atoms with Crippen molar-refractivity contribution < 1.29 is 14.6 Å². The molecule has 3 aliphatic rings. The minimum Gasteiger partial charge on any atom is -0.493 e. The smallest absolute Gasteiger partial charge is 0.119 e. The van der Waals surface area contributed by atoms with Gasteiger partial charge in [0.15, 0.2) is 0 Å². The number of benzene rings is 3. The van der Waals surface area contributed by atoms with E-state index in [0.29, 0.717) is 25.1 Å². The molecule has 0 aliphatic carbocycles. The first kappa shape index (κ1) is 33.0. The highest BCUT2D eigenvalue weighted by Gasteiger charge is 2.33. The lowest BCUT2D eigenvalue weighted by molar-refractivity contribution is 0.0925. The number of hydrogen-bond acceptors (Lipinski definition) is 6. The number of aliphatic hydroxyl groups excluding tert-OH is 1. The van der Waals surface area contributed by atoms with E-state index in [4.69, 9.17) is 9.47 Å². The van der Waals surface area contributed by atoms with Crippen LogP contribution in [0.5, 0.6) is 11.5 Å². The number of unbranched alkanes of at least 4 members (excludes halogenated alkanes) is 1. The first-order valence-electron chi connectivity index (χ1n) is 17.7. The number of aliphatic hydroxyl groups is 1. The Balaban J connectivity index is 1.14. The van der Waals surface area contributed by atoms with Crippen molar-refractivity contribution in [2.45, 2.75) is 83.5 Å². The van der Waals surface area contributed by atoms with Crippen molar-refractivity contribution in [2.24, 2.45) is 5.92 Å². The predicted octanol–water partition coefficient (Wildman–Crippen LogP) is 6.23. The van der Waals surface area contributed by atoms with Gasteiger partial charge in [0.25, 0.3) is 0 Å². The first-order valence-corrected chi connectivity index (χ1v) is 17.7. The normalized spacial score (nSPS) is 27.3. The van der Waals surface area contributed by atoms with Crippen molar-refractivity contribution in [1.82, 2.24) is 14.7 Å². The van der Waals surface area contributed by atoms with Gasteiger partial charge in [-0.15, -0.1) is 0 Å². The largest absolute Gasteiger partial charge is 0.493 e. The van der Waals surface area contributed by atoms with Gasteiger partial charge in [-0.05, 0) is 100 Å². The maximum Gasteiger partial charge on any atom is 0.119 e. The van der Waals surface area contributed by atoms with Crippen molar-refractivity contribution in [3.63, 3.8) is 0 Å². The van der Waals surface area contributed by atoms with E-state index in [9.17, 15) is 5.11 Å². The molecule has 3 saturated heterocycles. The standard InChI is InChI=1S/C40H55N3O3/c1-29(22-42-24-31(42)3)27-45-38-17-13-35(14-18-38)40(5,34-11-9-33(10-12-34)8-6-7-21-41-23-30(41)2)36-15-19-39(20-16-36)46-28-37(44)26-43-25-32(43)4/h9-20,29-32,37,44H,6-8,21-28H2,1-5H3. The molecule has 3 heterocycles. The number of β-amino-alcohol motifs (C(OH)–C–C–N with tert-alkyl or cyclic N) is 1. The zero-order valence-electron chi connectivity index (χ0n) is 28.7. The lowest BCUT2D eigenvalue weighted by Crippen LogP contribution is -2.27. The summed E-state index contributed by atoms with van der Waals surface area (Å²) in [6.07, 6.45) is 3.12. The van der Waals surface area contributed by atoms with Gasteiger partial charge in [-0.3, -0.25) is 14.7 Å². The van der Waals surface area contributed by atoms with Gasteiger partial charge in [-0.25, -0.2) is 0 Å². The molecule has 6 rings (SSSR count). The number of aryl methyl sites for hydroxylation is 1. The molecule has 0 aromatic heterocycles. The van der Waals surface area contributed by atoms with Crippen LogP contribution < -0.4 is 9.47 Å². The van der Waals surface area contributed by atoms with Gasteiger partial charge in [0.05, 0.1) is 6.61 Å². The van der Waals surface area contributed by atoms with Gasteiger partial charge in [-0.1, -0.05) is 55.5 Å². The minimum absolute atomic E-state index is 0.301. The molecule has 6 heteroatoms. The van der Waals surface area contributed by atoms with Gasteiger partial charge in [0.1, 0.15) is 24.2 Å². The molecule has 3 aromatic carbocycles. The number of ether oxygens (including phenoxy) is 2.